The molecule has 3 N–H and O–H groups in total. The van der Waals surface area contributed by atoms with Crippen molar-refractivity contribution >= 4 is 46.9 Å². The summed E-state index contributed by atoms with van der Waals surface area (Å²) in [5.41, 5.74) is 1.54. The number of hydrogen-bond donors (Lipinski definition) is 3. The number of nitrogens with zero attached hydrogens (tertiary/aromatic N) is 2. The molecule has 2 aliphatic carbocycles. The molecule has 226 valence electrons. The molecule has 45 heavy (non-hydrogen) atoms. The first-order chi connectivity index (χ1) is 21.6. The van der Waals surface area contributed by atoms with Crippen molar-refractivity contribution in [2.75, 3.05) is 9.80 Å². The second-order valence-electron chi connectivity index (χ2n) is 11.9. The molecule has 7 rings (SSSR count). The van der Waals surface area contributed by atoms with Gasteiger partial charge in [0.15, 0.2) is 0 Å². The van der Waals surface area contributed by atoms with Gasteiger partial charge in [0.25, 0.3) is 0 Å². The Morgan fingerprint density at radius 2 is 1.18 bits per heavy atom. The van der Waals surface area contributed by atoms with Crippen LogP contribution < -0.4 is 9.80 Å². The zero-order chi connectivity index (χ0) is 31.7. The molecule has 3 aromatic rings. The third kappa shape index (κ3) is 4.26. The average molecular weight is 607 g/mol. The highest BCUT2D eigenvalue weighted by molar-refractivity contribution is 6.24. The topological polar surface area (TPSA) is 170 Å². The lowest BCUT2D eigenvalue weighted by Gasteiger charge is -2.44. The molecule has 4 amide bonds. The number of allylic oxidation sites excluding steroid dienone is 2. The number of anilines is 2. The van der Waals surface area contributed by atoms with Gasteiger partial charge in [-0.05, 0) is 72.9 Å². The Balaban J connectivity index is 1.31. The summed E-state index contributed by atoms with van der Waals surface area (Å²) in [4.78, 5) is 81.2. The largest absolute Gasteiger partial charge is 0.508 e. The molecule has 0 bridgehead atoms. The quantitative estimate of drug-likeness (QED) is 0.289. The number of carboxylic acids is 2. The minimum atomic E-state index is -1.21. The third-order valence-electron chi connectivity index (χ3n) is 9.60. The Bertz CT molecular complexity index is 1860. The van der Waals surface area contributed by atoms with Crippen LogP contribution in [0.1, 0.15) is 45.0 Å². The van der Waals surface area contributed by atoms with Gasteiger partial charge in [-0.1, -0.05) is 35.9 Å². The van der Waals surface area contributed by atoms with E-state index >= 15 is 0 Å². The monoisotopic (exact) mass is 606 g/mol. The highest BCUT2D eigenvalue weighted by Crippen LogP contribution is 2.58. The van der Waals surface area contributed by atoms with Crippen LogP contribution in [-0.2, 0) is 19.2 Å². The number of hydrogen-bond acceptors (Lipinski definition) is 7. The number of amides is 4. The number of carboxylic acid groups (broad SMARTS) is 2. The predicted molar refractivity (Wildman–Crippen MR) is 157 cm³/mol. The molecule has 2 aliphatic heterocycles. The van der Waals surface area contributed by atoms with Crippen LogP contribution in [0.15, 0.2) is 84.4 Å². The Kier molecular flexibility index (Phi) is 6.43. The molecular weight excluding hydrogens is 580 g/mol. The molecule has 0 radical (unpaired) electrons. The number of fused-ring (bicyclic) bond motifs is 4. The van der Waals surface area contributed by atoms with Crippen molar-refractivity contribution in [1.82, 2.24) is 0 Å². The highest BCUT2D eigenvalue weighted by atomic mass is 16.4. The fraction of sp³-hybridized carbons (Fsp3) is 0.235. The zero-order valence-electron chi connectivity index (χ0n) is 23.6. The summed E-state index contributed by atoms with van der Waals surface area (Å²) in [6.45, 7) is 0. The molecular formula is C34H26N2O9. The summed E-state index contributed by atoms with van der Waals surface area (Å²) >= 11 is 0. The maximum absolute atomic E-state index is 14.1. The maximum atomic E-state index is 14.1. The van der Waals surface area contributed by atoms with Gasteiger partial charge in [-0.3, -0.25) is 29.0 Å². The summed E-state index contributed by atoms with van der Waals surface area (Å²) < 4.78 is 0. The van der Waals surface area contributed by atoms with Crippen LogP contribution in [0.4, 0.5) is 11.4 Å². The van der Waals surface area contributed by atoms with Gasteiger partial charge < -0.3 is 15.3 Å². The van der Waals surface area contributed by atoms with Crippen LogP contribution in [0.2, 0.25) is 0 Å². The molecule has 11 heteroatoms. The summed E-state index contributed by atoms with van der Waals surface area (Å²) in [5.74, 6) is -8.85. The smallest absolute Gasteiger partial charge is 0.335 e. The van der Waals surface area contributed by atoms with Gasteiger partial charge in [-0.2, -0.15) is 0 Å². The lowest BCUT2D eigenvalue weighted by molar-refractivity contribution is -0.126. The number of imide groups is 2. The van der Waals surface area contributed by atoms with Crippen molar-refractivity contribution in [3.63, 3.8) is 0 Å². The molecule has 0 aromatic heterocycles. The average Bonchev–Trinajstić information content (AvgIpc) is 3.44. The van der Waals surface area contributed by atoms with E-state index in [2.05, 4.69) is 0 Å². The van der Waals surface area contributed by atoms with Crippen molar-refractivity contribution in [1.29, 1.82) is 0 Å². The number of aromatic hydroxyl groups is 1. The van der Waals surface area contributed by atoms with E-state index in [-0.39, 0.29) is 41.1 Å². The molecule has 4 aliphatic rings. The molecule has 3 aromatic carbocycles. The van der Waals surface area contributed by atoms with Gasteiger partial charge in [0.05, 0.1) is 46.2 Å². The van der Waals surface area contributed by atoms with Crippen molar-refractivity contribution in [3.8, 4) is 5.75 Å². The SMILES string of the molecule is O=C(O)c1cccc(N2C(=O)C3CC=C4C(CC5C(=O)N(c6cccc(C(=O)O)c6)C(=O)C5C4c4ccc(O)cc4)C3C2=O)c1. The molecule has 11 nitrogen and oxygen atoms in total. The molecule has 6 atom stereocenters. The Morgan fingerprint density at radius 3 is 1.73 bits per heavy atom. The minimum Gasteiger partial charge on any atom is -0.508 e. The first kappa shape index (κ1) is 28.2. The number of carbonyl (C=O) groups excluding carboxylic acids is 4. The third-order valence-corrected chi connectivity index (χ3v) is 9.60. The normalized spacial score (nSPS) is 27.2. The van der Waals surface area contributed by atoms with E-state index in [1.54, 1.807) is 12.1 Å². The lowest BCUT2D eigenvalue weighted by atomic mass is 9.57. The van der Waals surface area contributed by atoms with Crippen LogP contribution >= 0.6 is 0 Å². The van der Waals surface area contributed by atoms with E-state index in [4.69, 9.17) is 0 Å². The first-order valence-electron chi connectivity index (χ1n) is 14.5. The van der Waals surface area contributed by atoms with Gasteiger partial charge in [-0.15, -0.1) is 0 Å². The van der Waals surface area contributed by atoms with Gasteiger partial charge in [0, 0.05) is 5.92 Å². The number of aromatic carboxylic acids is 2. The summed E-state index contributed by atoms with van der Waals surface area (Å²) in [6, 6.07) is 17.5. The van der Waals surface area contributed by atoms with E-state index in [0.29, 0.717) is 5.56 Å². The van der Waals surface area contributed by atoms with Gasteiger partial charge >= 0.3 is 11.9 Å². The van der Waals surface area contributed by atoms with E-state index in [9.17, 15) is 44.1 Å². The zero-order valence-corrected chi connectivity index (χ0v) is 23.6. The predicted octanol–water partition coefficient (Wildman–Crippen LogP) is 3.83. The maximum Gasteiger partial charge on any atom is 0.335 e. The van der Waals surface area contributed by atoms with Crippen molar-refractivity contribution in [3.05, 3.63) is 101 Å². The number of phenolic OH excluding ortho intramolecular Hbond substituents is 1. The molecule has 2 saturated heterocycles. The summed E-state index contributed by atoms with van der Waals surface area (Å²) in [7, 11) is 0. The standard InChI is InChI=1S/C34H26N2O9/c37-21-9-7-16(8-10-21)26-22-11-12-23-27(31(40)35(29(23)38)19-5-1-3-17(13-19)33(42)43)24(22)15-25-28(26)32(41)36(30(25)39)20-6-2-4-18(14-20)34(44)45/h1-11,13-14,23-28,37H,12,15H2,(H,42,43)(H,44,45). The molecule has 6 unspecified atom stereocenters. The number of phenols is 1. The van der Waals surface area contributed by atoms with E-state index in [1.165, 1.54) is 60.7 Å². The Hall–Kier alpha value is -5.58. The fourth-order valence-electron chi connectivity index (χ4n) is 7.71. The van der Waals surface area contributed by atoms with Crippen LogP contribution in [0.5, 0.6) is 5.75 Å². The van der Waals surface area contributed by atoms with Crippen molar-refractivity contribution in [2.24, 2.45) is 29.6 Å². The van der Waals surface area contributed by atoms with E-state index in [0.717, 1.165) is 15.4 Å². The molecule has 1 saturated carbocycles. The van der Waals surface area contributed by atoms with E-state index < -0.39 is 71.1 Å². The summed E-state index contributed by atoms with van der Waals surface area (Å²) in [5, 5.41) is 29.0. The second-order valence-corrected chi connectivity index (χ2v) is 11.9. The fourth-order valence-corrected chi connectivity index (χ4v) is 7.71. The van der Waals surface area contributed by atoms with Gasteiger partial charge in [-0.25, -0.2) is 9.59 Å². The van der Waals surface area contributed by atoms with Crippen molar-refractivity contribution in [2.45, 2.75) is 18.8 Å². The number of rotatable bonds is 5. The van der Waals surface area contributed by atoms with Crippen LogP contribution in [0.3, 0.4) is 0 Å². The summed E-state index contributed by atoms with van der Waals surface area (Å²) in [6.07, 6.45) is 2.22. The van der Waals surface area contributed by atoms with Crippen LogP contribution in [0.25, 0.3) is 0 Å². The van der Waals surface area contributed by atoms with Crippen LogP contribution in [0, 0.1) is 29.6 Å². The first-order valence-corrected chi connectivity index (χ1v) is 14.5. The van der Waals surface area contributed by atoms with Crippen LogP contribution in [-0.4, -0.2) is 50.9 Å². The van der Waals surface area contributed by atoms with Gasteiger partial charge in [0.2, 0.25) is 23.6 Å². The molecule has 2 heterocycles. The lowest BCUT2D eigenvalue weighted by Crippen LogP contribution is -2.43. The molecule has 0 spiro atoms. The van der Waals surface area contributed by atoms with E-state index in [1.807, 2.05) is 6.08 Å². The number of benzene rings is 3. The minimum absolute atomic E-state index is 0.0112. The number of carbonyl (C=O) groups is 6. The molecule has 3 fully saturated rings. The Labute approximate surface area is 256 Å². The highest BCUT2D eigenvalue weighted by Gasteiger charge is 2.62. The second kappa shape index (κ2) is 10.3. The van der Waals surface area contributed by atoms with Crippen molar-refractivity contribution < 1.29 is 44.1 Å². The van der Waals surface area contributed by atoms with Gasteiger partial charge in [0.1, 0.15) is 5.75 Å². The Morgan fingerprint density at radius 1 is 0.644 bits per heavy atom.